The topological polar surface area (TPSA) is 70.6 Å². The average Bonchev–Trinajstić information content (AvgIpc) is 2.27. The van der Waals surface area contributed by atoms with Crippen molar-refractivity contribution in [2.45, 2.75) is 13.0 Å². The number of rotatable bonds is 4. The maximum absolute atomic E-state index is 11.5. The van der Waals surface area contributed by atoms with Crippen LogP contribution >= 0.6 is 11.6 Å². The number of aliphatic hydroxyl groups is 1. The number of methoxy groups -OCH3 is 1. The maximum atomic E-state index is 11.5. The second-order valence-electron chi connectivity index (χ2n) is 3.53. The van der Waals surface area contributed by atoms with E-state index in [-0.39, 0.29) is 6.54 Å². The van der Waals surface area contributed by atoms with E-state index in [1.807, 2.05) is 0 Å². The van der Waals surface area contributed by atoms with E-state index in [4.69, 9.17) is 21.4 Å². The number of carbonyl (C=O) groups excluding carboxylic acids is 1. The quantitative estimate of drug-likeness (QED) is 0.772. The SMILES string of the molecule is COc1ccc(Cl)cc1NC(=O)NCC(C)O. The zero-order valence-corrected chi connectivity index (χ0v) is 10.4. The van der Waals surface area contributed by atoms with Gasteiger partial charge >= 0.3 is 6.03 Å². The van der Waals surface area contributed by atoms with Gasteiger partial charge in [-0.25, -0.2) is 4.79 Å². The molecule has 2 amide bonds. The summed E-state index contributed by atoms with van der Waals surface area (Å²) in [6, 6.07) is 4.49. The predicted octanol–water partition coefficient (Wildman–Crippen LogP) is 1.85. The summed E-state index contributed by atoms with van der Waals surface area (Å²) in [5.41, 5.74) is 0.475. The number of urea groups is 1. The highest BCUT2D eigenvalue weighted by Crippen LogP contribution is 2.27. The molecule has 0 fully saturated rings. The number of hydrogen-bond donors (Lipinski definition) is 3. The highest BCUT2D eigenvalue weighted by atomic mass is 35.5. The van der Waals surface area contributed by atoms with Crippen molar-refractivity contribution in [2.24, 2.45) is 0 Å². The van der Waals surface area contributed by atoms with Crippen LogP contribution in [0, 0.1) is 0 Å². The van der Waals surface area contributed by atoms with Gasteiger partial charge < -0.3 is 20.5 Å². The Morgan fingerprint density at radius 1 is 1.59 bits per heavy atom. The van der Waals surface area contributed by atoms with Gasteiger partial charge in [-0.1, -0.05) is 11.6 Å². The second kappa shape index (κ2) is 6.32. The second-order valence-corrected chi connectivity index (χ2v) is 3.97. The molecular formula is C11H15ClN2O3. The number of nitrogens with one attached hydrogen (secondary N) is 2. The fraction of sp³-hybridized carbons (Fsp3) is 0.364. The van der Waals surface area contributed by atoms with E-state index in [1.165, 1.54) is 7.11 Å². The number of halogens is 1. The number of hydrogen-bond acceptors (Lipinski definition) is 3. The first kappa shape index (κ1) is 13.6. The Bertz CT molecular complexity index is 396. The van der Waals surface area contributed by atoms with E-state index in [2.05, 4.69) is 10.6 Å². The summed E-state index contributed by atoms with van der Waals surface area (Å²) in [6.45, 7) is 1.76. The van der Waals surface area contributed by atoms with E-state index >= 15 is 0 Å². The van der Waals surface area contributed by atoms with Crippen LogP contribution in [0.25, 0.3) is 0 Å². The number of ether oxygens (including phenoxy) is 1. The van der Waals surface area contributed by atoms with Crippen LogP contribution in [0.1, 0.15) is 6.92 Å². The largest absolute Gasteiger partial charge is 0.495 e. The van der Waals surface area contributed by atoms with E-state index in [0.717, 1.165) is 0 Å². The number of aliphatic hydroxyl groups excluding tert-OH is 1. The third-order valence-electron chi connectivity index (χ3n) is 1.97. The van der Waals surface area contributed by atoms with Gasteiger partial charge in [0.05, 0.1) is 18.9 Å². The van der Waals surface area contributed by atoms with Crippen molar-refractivity contribution >= 4 is 23.3 Å². The zero-order chi connectivity index (χ0) is 12.8. The van der Waals surface area contributed by atoms with Crippen molar-refractivity contribution in [1.82, 2.24) is 5.32 Å². The number of anilines is 1. The molecule has 0 aliphatic rings. The summed E-state index contributed by atoms with van der Waals surface area (Å²) in [6.07, 6.45) is -0.595. The molecule has 17 heavy (non-hydrogen) atoms. The Balaban J connectivity index is 2.66. The van der Waals surface area contributed by atoms with Crippen LogP contribution < -0.4 is 15.4 Å². The minimum Gasteiger partial charge on any atom is -0.495 e. The molecule has 0 heterocycles. The molecule has 0 bridgehead atoms. The van der Waals surface area contributed by atoms with Gasteiger partial charge in [0, 0.05) is 11.6 Å². The smallest absolute Gasteiger partial charge is 0.319 e. The molecule has 0 saturated heterocycles. The molecule has 1 atom stereocenters. The maximum Gasteiger partial charge on any atom is 0.319 e. The first-order valence-corrected chi connectivity index (χ1v) is 5.47. The molecule has 0 aliphatic heterocycles. The zero-order valence-electron chi connectivity index (χ0n) is 9.66. The van der Waals surface area contributed by atoms with Gasteiger partial charge in [0.15, 0.2) is 0 Å². The molecule has 0 saturated carbocycles. The van der Waals surface area contributed by atoms with Crippen molar-refractivity contribution in [3.63, 3.8) is 0 Å². The van der Waals surface area contributed by atoms with Gasteiger partial charge in [0.25, 0.3) is 0 Å². The monoisotopic (exact) mass is 258 g/mol. The summed E-state index contributed by atoms with van der Waals surface area (Å²) in [7, 11) is 1.50. The third-order valence-corrected chi connectivity index (χ3v) is 2.20. The molecule has 1 rings (SSSR count). The highest BCUT2D eigenvalue weighted by molar-refractivity contribution is 6.31. The number of amides is 2. The Labute approximate surface area is 105 Å². The lowest BCUT2D eigenvalue weighted by molar-refractivity contribution is 0.190. The summed E-state index contributed by atoms with van der Waals surface area (Å²) in [5, 5.41) is 14.6. The molecule has 0 aliphatic carbocycles. The van der Waals surface area contributed by atoms with Crippen LogP contribution in [0.3, 0.4) is 0 Å². The lowest BCUT2D eigenvalue weighted by atomic mass is 10.3. The molecule has 5 nitrogen and oxygen atoms in total. The van der Waals surface area contributed by atoms with Gasteiger partial charge in [-0.05, 0) is 25.1 Å². The molecule has 6 heteroatoms. The molecule has 94 valence electrons. The van der Waals surface area contributed by atoms with Crippen molar-refractivity contribution in [1.29, 1.82) is 0 Å². The van der Waals surface area contributed by atoms with Crippen LogP contribution in [0.5, 0.6) is 5.75 Å². The molecule has 0 aromatic heterocycles. The van der Waals surface area contributed by atoms with Crippen LogP contribution in [-0.2, 0) is 0 Å². The Kier molecular flexibility index (Phi) is 5.06. The first-order valence-electron chi connectivity index (χ1n) is 5.09. The Morgan fingerprint density at radius 2 is 2.29 bits per heavy atom. The first-order chi connectivity index (χ1) is 8.02. The normalized spacial score (nSPS) is 11.8. The van der Waals surface area contributed by atoms with Crippen molar-refractivity contribution < 1.29 is 14.6 Å². The van der Waals surface area contributed by atoms with Gasteiger partial charge in [-0.3, -0.25) is 0 Å². The lowest BCUT2D eigenvalue weighted by Gasteiger charge is -2.12. The Morgan fingerprint density at radius 3 is 2.88 bits per heavy atom. The number of carbonyl (C=O) groups is 1. The van der Waals surface area contributed by atoms with Crippen LogP contribution in [0.4, 0.5) is 10.5 Å². The molecule has 1 aromatic carbocycles. The third kappa shape index (κ3) is 4.50. The van der Waals surface area contributed by atoms with Crippen LogP contribution in [0.15, 0.2) is 18.2 Å². The van der Waals surface area contributed by atoms with E-state index in [0.29, 0.717) is 16.5 Å². The molecule has 0 radical (unpaired) electrons. The molecular weight excluding hydrogens is 244 g/mol. The fourth-order valence-corrected chi connectivity index (χ4v) is 1.36. The fourth-order valence-electron chi connectivity index (χ4n) is 1.18. The van der Waals surface area contributed by atoms with Crippen LogP contribution in [0.2, 0.25) is 5.02 Å². The molecule has 1 aromatic rings. The standard InChI is InChI=1S/C11H15ClN2O3/c1-7(15)6-13-11(16)14-9-5-8(12)3-4-10(9)17-2/h3-5,7,15H,6H2,1-2H3,(H2,13,14,16). The Hall–Kier alpha value is -1.46. The number of benzene rings is 1. The molecule has 0 spiro atoms. The lowest BCUT2D eigenvalue weighted by Crippen LogP contribution is -2.34. The van der Waals surface area contributed by atoms with Gasteiger partial charge in [0.2, 0.25) is 0 Å². The van der Waals surface area contributed by atoms with Gasteiger partial charge in [-0.15, -0.1) is 0 Å². The molecule has 3 N–H and O–H groups in total. The highest BCUT2D eigenvalue weighted by Gasteiger charge is 2.08. The minimum atomic E-state index is -0.595. The van der Waals surface area contributed by atoms with E-state index < -0.39 is 12.1 Å². The van der Waals surface area contributed by atoms with Crippen molar-refractivity contribution in [3.8, 4) is 5.75 Å². The molecule has 1 unspecified atom stereocenters. The van der Waals surface area contributed by atoms with Gasteiger partial charge in [0.1, 0.15) is 5.75 Å². The summed E-state index contributed by atoms with van der Waals surface area (Å²) in [5.74, 6) is 0.515. The van der Waals surface area contributed by atoms with Crippen molar-refractivity contribution in [3.05, 3.63) is 23.2 Å². The van der Waals surface area contributed by atoms with Crippen molar-refractivity contribution in [2.75, 3.05) is 19.0 Å². The average molecular weight is 259 g/mol. The van der Waals surface area contributed by atoms with Crippen LogP contribution in [-0.4, -0.2) is 30.9 Å². The van der Waals surface area contributed by atoms with E-state index in [9.17, 15) is 4.79 Å². The summed E-state index contributed by atoms with van der Waals surface area (Å²) in [4.78, 5) is 11.5. The van der Waals surface area contributed by atoms with Gasteiger partial charge in [-0.2, -0.15) is 0 Å². The predicted molar refractivity (Wildman–Crippen MR) is 66.7 cm³/mol. The van der Waals surface area contributed by atoms with E-state index in [1.54, 1.807) is 25.1 Å². The summed E-state index contributed by atoms with van der Waals surface area (Å²) >= 11 is 5.82. The summed E-state index contributed by atoms with van der Waals surface area (Å²) < 4.78 is 5.08. The minimum absolute atomic E-state index is 0.175.